The molecule has 1 aromatic carbocycles. The highest BCUT2D eigenvalue weighted by atomic mass is 16.3. The number of hydrogen-bond acceptors (Lipinski definition) is 4. The van der Waals surface area contributed by atoms with Gasteiger partial charge in [-0.05, 0) is 61.7 Å². The number of pyridine rings is 1. The molecule has 1 spiro atoms. The molecule has 5 rings (SSSR count). The van der Waals surface area contributed by atoms with Crippen LogP contribution in [0.5, 0.6) is 5.75 Å². The summed E-state index contributed by atoms with van der Waals surface area (Å²) >= 11 is 0. The first-order valence-corrected chi connectivity index (χ1v) is 10.5. The largest absolute Gasteiger partial charge is 0.508 e. The average Bonchev–Trinajstić information content (AvgIpc) is 3.41. The highest BCUT2D eigenvalue weighted by molar-refractivity contribution is 5.95. The Morgan fingerprint density at radius 3 is 2.90 bits per heavy atom. The summed E-state index contributed by atoms with van der Waals surface area (Å²) in [5, 5.41) is 10.1. The van der Waals surface area contributed by atoms with Gasteiger partial charge in [0.2, 0.25) is 0 Å². The average molecular weight is 402 g/mol. The Labute approximate surface area is 176 Å². The maximum Gasteiger partial charge on any atom is 0.254 e. The number of carbonyl (C=O) groups is 1. The number of phenolic OH excluding ortho intramolecular Hbond substituents is 1. The van der Waals surface area contributed by atoms with Crippen LogP contribution >= 0.6 is 0 Å². The van der Waals surface area contributed by atoms with Crippen LogP contribution in [0.3, 0.4) is 0 Å². The summed E-state index contributed by atoms with van der Waals surface area (Å²) in [5.74, 6) is 1.08. The first kappa shape index (κ1) is 18.7. The van der Waals surface area contributed by atoms with E-state index in [1.807, 2.05) is 24.1 Å². The van der Waals surface area contributed by atoms with E-state index in [0.29, 0.717) is 18.7 Å². The van der Waals surface area contributed by atoms with Crippen molar-refractivity contribution >= 4 is 11.6 Å². The molecule has 154 valence electrons. The maximum atomic E-state index is 13.3. The molecule has 6 nitrogen and oxygen atoms in total. The Bertz CT molecular complexity index is 1120. The highest BCUT2D eigenvalue weighted by Crippen LogP contribution is 2.47. The summed E-state index contributed by atoms with van der Waals surface area (Å²) in [6.45, 7) is 6.20. The molecule has 2 aliphatic rings. The number of nitrogens with zero attached hydrogens (tertiary/aromatic N) is 4. The molecule has 6 heteroatoms. The zero-order valence-corrected chi connectivity index (χ0v) is 17.4. The van der Waals surface area contributed by atoms with Crippen molar-refractivity contribution in [2.24, 2.45) is 0 Å². The van der Waals surface area contributed by atoms with Gasteiger partial charge >= 0.3 is 0 Å². The molecule has 1 fully saturated rings. The second-order valence-electron chi connectivity index (χ2n) is 8.27. The quantitative estimate of drug-likeness (QED) is 0.723. The number of fused-ring (bicyclic) bond motifs is 4. The second-order valence-corrected chi connectivity index (χ2v) is 8.27. The van der Waals surface area contributed by atoms with Crippen molar-refractivity contribution in [2.75, 3.05) is 24.5 Å². The van der Waals surface area contributed by atoms with Gasteiger partial charge < -0.3 is 19.5 Å². The summed E-state index contributed by atoms with van der Waals surface area (Å²) in [7, 11) is 0. The van der Waals surface area contributed by atoms with Gasteiger partial charge in [-0.25, -0.2) is 4.98 Å². The topological polar surface area (TPSA) is 61.6 Å². The number of rotatable bonds is 3. The lowest BCUT2D eigenvalue weighted by Crippen LogP contribution is -2.53. The zero-order valence-electron chi connectivity index (χ0n) is 17.4. The minimum atomic E-state index is -0.280. The molecule has 0 radical (unpaired) electrons. The summed E-state index contributed by atoms with van der Waals surface area (Å²) < 4.78 is 2.17. The fraction of sp³-hybridized carbons (Fsp3) is 0.333. The minimum absolute atomic E-state index is 0.0336. The van der Waals surface area contributed by atoms with Crippen molar-refractivity contribution in [3.05, 3.63) is 71.7 Å². The monoisotopic (exact) mass is 402 g/mol. The molecular weight excluding hydrogens is 376 g/mol. The van der Waals surface area contributed by atoms with Crippen molar-refractivity contribution in [1.82, 2.24) is 14.5 Å². The summed E-state index contributed by atoms with van der Waals surface area (Å²) in [4.78, 5) is 22.3. The molecule has 0 aliphatic carbocycles. The molecule has 2 aromatic heterocycles. The lowest BCUT2D eigenvalue weighted by Gasteiger charge is -2.47. The van der Waals surface area contributed by atoms with Gasteiger partial charge in [-0.3, -0.25) is 4.79 Å². The summed E-state index contributed by atoms with van der Waals surface area (Å²) in [6, 6.07) is 13.5. The van der Waals surface area contributed by atoms with Crippen LogP contribution in [0.4, 0.5) is 5.69 Å². The number of amides is 1. The molecule has 2 aliphatic heterocycles. The molecule has 0 bridgehead atoms. The van der Waals surface area contributed by atoms with Crippen molar-refractivity contribution in [2.45, 2.75) is 32.2 Å². The smallest absolute Gasteiger partial charge is 0.254 e. The van der Waals surface area contributed by atoms with E-state index in [4.69, 9.17) is 0 Å². The molecule has 1 amide bonds. The summed E-state index contributed by atoms with van der Waals surface area (Å²) in [5.41, 5.74) is 3.32. The fourth-order valence-electron chi connectivity index (χ4n) is 4.98. The van der Waals surface area contributed by atoms with Gasteiger partial charge in [0, 0.05) is 37.6 Å². The fourth-order valence-corrected chi connectivity index (χ4v) is 4.98. The number of likely N-dealkylation sites (tertiary alicyclic amines) is 1. The number of aryl methyl sites for hydroxylation is 1. The zero-order chi connectivity index (χ0) is 20.9. The highest BCUT2D eigenvalue weighted by Gasteiger charge is 2.50. The number of aromatic hydroxyl groups is 1. The van der Waals surface area contributed by atoms with E-state index in [1.165, 1.54) is 5.69 Å². The Morgan fingerprint density at radius 1 is 1.23 bits per heavy atom. The molecular formula is C24H26N4O2. The first-order valence-electron chi connectivity index (χ1n) is 10.5. The third-order valence-corrected chi connectivity index (χ3v) is 6.47. The number of aromatic nitrogens is 2. The Morgan fingerprint density at radius 2 is 2.10 bits per heavy atom. The Kier molecular flexibility index (Phi) is 4.31. The van der Waals surface area contributed by atoms with Crippen LogP contribution in [0.15, 0.2) is 54.9 Å². The predicted octanol–water partition coefficient (Wildman–Crippen LogP) is 3.86. The number of phenols is 1. The maximum absolute atomic E-state index is 13.3. The van der Waals surface area contributed by atoms with Gasteiger partial charge in [0.05, 0.1) is 11.4 Å². The van der Waals surface area contributed by atoms with E-state index in [-0.39, 0.29) is 17.2 Å². The van der Waals surface area contributed by atoms with Gasteiger partial charge in [0.25, 0.3) is 5.91 Å². The van der Waals surface area contributed by atoms with Gasteiger partial charge in [-0.15, -0.1) is 0 Å². The van der Waals surface area contributed by atoms with Gasteiger partial charge in [0.1, 0.15) is 11.3 Å². The normalized spacial score (nSPS) is 19.8. The van der Waals surface area contributed by atoms with E-state index < -0.39 is 0 Å². The second kappa shape index (κ2) is 6.90. The van der Waals surface area contributed by atoms with Crippen LogP contribution in [0.2, 0.25) is 0 Å². The first-order chi connectivity index (χ1) is 14.5. The van der Waals surface area contributed by atoms with Crippen LogP contribution in [-0.4, -0.2) is 45.1 Å². The Hall–Kier alpha value is -3.28. The molecule has 4 heterocycles. The van der Waals surface area contributed by atoms with Crippen LogP contribution in [0.1, 0.15) is 41.4 Å². The van der Waals surface area contributed by atoms with E-state index in [0.717, 1.165) is 36.5 Å². The SMILES string of the molecule is CCCN1c2cccnc2-n2cccc2[C@]12CCN(C(=O)c1ccc(C)c(O)c1)C2. The lowest BCUT2D eigenvalue weighted by atomic mass is 9.88. The van der Waals surface area contributed by atoms with E-state index in [1.54, 1.807) is 18.2 Å². The molecule has 1 N–H and O–H groups in total. The Balaban J connectivity index is 1.55. The number of carbonyl (C=O) groups excluding carboxylic acids is 1. The van der Waals surface area contributed by atoms with Crippen LogP contribution < -0.4 is 4.90 Å². The van der Waals surface area contributed by atoms with E-state index in [9.17, 15) is 9.90 Å². The molecule has 0 unspecified atom stereocenters. The van der Waals surface area contributed by atoms with Crippen molar-refractivity contribution in [3.8, 4) is 11.6 Å². The van der Waals surface area contributed by atoms with Crippen molar-refractivity contribution < 1.29 is 9.90 Å². The third-order valence-electron chi connectivity index (χ3n) is 6.47. The number of hydrogen-bond donors (Lipinski definition) is 1. The van der Waals surface area contributed by atoms with E-state index >= 15 is 0 Å². The van der Waals surface area contributed by atoms with E-state index in [2.05, 4.69) is 45.8 Å². The van der Waals surface area contributed by atoms with Crippen molar-refractivity contribution in [1.29, 1.82) is 0 Å². The van der Waals surface area contributed by atoms with Gasteiger partial charge in [-0.1, -0.05) is 13.0 Å². The standard InChI is InChI=1S/C24H26N4O2/c1-3-12-28-19-6-4-11-25-22(19)27-13-5-7-21(27)24(28)10-14-26(16-24)23(30)18-9-8-17(2)20(29)15-18/h4-9,11,13,15,29H,3,10,12,14,16H2,1-2H3/t24-/m1/s1. The molecule has 30 heavy (non-hydrogen) atoms. The number of anilines is 1. The van der Waals surface area contributed by atoms with Crippen LogP contribution in [0, 0.1) is 6.92 Å². The van der Waals surface area contributed by atoms with Gasteiger partial charge in [-0.2, -0.15) is 0 Å². The van der Waals surface area contributed by atoms with Crippen molar-refractivity contribution in [3.63, 3.8) is 0 Å². The summed E-state index contributed by atoms with van der Waals surface area (Å²) in [6.07, 6.45) is 5.76. The molecule has 1 atom stereocenters. The number of benzene rings is 1. The molecule has 0 saturated carbocycles. The molecule has 3 aromatic rings. The minimum Gasteiger partial charge on any atom is -0.508 e. The van der Waals surface area contributed by atoms with Crippen LogP contribution in [0.25, 0.3) is 5.82 Å². The van der Waals surface area contributed by atoms with Crippen LogP contribution in [-0.2, 0) is 5.54 Å². The lowest BCUT2D eigenvalue weighted by molar-refractivity contribution is 0.0781. The van der Waals surface area contributed by atoms with Gasteiger partial charge in [0.15, 0.2) is 5.82 Å². The third kappa shape index (κ3) is 2.63. The molecule has 1 saturated heterocycles. The predicted molar refractivity (Wildman–Crippen MR) is 116 cm³/mol.